The van der Waals surface area contributed by atoms with Crippen LogP contribution in [0.2, 0.25) is 0 Å². The quantitative estimate of drug-likeness (QED) is 0.625. The van der Waals surface area contributed by atoms with Crippen molar-refractivity contribution in [1.29, 1.82) is 0 Å². The van der Waals surface area contributed by atoms with Crippen molar-refractivity contribution in [2.45, 2.75) is 20.0 Å². The highest BCUT2D eigenvalue weighted by atomic mass is 16.5. The number of aliphatic hydroxyl groups excluding tert-OH is 1. The van der Waals surface area contributed by atoms with Gasteiger partial charge < -0.3 is 14.6 Å². The second-order valence-electron chi connectivity index (χ2n) is 3.55. The van der Waals surface area contributed by atoms with Crippen molar-refractivity contribution < 1.29 is 14.6 Å². The summed E-state index contributed by atoms with van der Waals surface area (Å²) in [7, 11) is 1.60. The van der Waals surface area contributed by atoms with Gasteiger partial charge in [0.2, 0.25) is 0 Å². The van der Waals surface area contributed by atoms with E-state index in [0.29, 0.717) is 12.4 Å². The average molecular weight is 234 g/mol. The van der Waals surface area contributed by atoms with E-state index in [1.54, 1.807) is 7.11 Å². The van der Waals surface area contributed by atoms with Gasteiger partial charge in [0.05, 0.1) is 19.3 Å². The van der Waals surface area contributed by atoms with Gasteiger partial charge in [-0.2, -0.15) is 0 Å². The molecule has 3 nitrogen and oxygen atoms in total. The van der Waals surface area contributed by atoms with Gasteiger partial charge in [0.1, 0.15) is 12.4 Å². The topological polar surface area (TPSA) is 38.7 Å². The molecule has 0 unspecified atom stereocenters. The molecule has 0 aliphatic rings. The molecule has 0 heterocycles. The Morgan fingerprint density at radius 1 is 1.35 bits per heavy atom. The van der Waals surface area contributed by atoms with Gasteiger partial charge in [-0.25, -0.2) is 0 Å². The van der Waals surface area contributed by atoms with E-state index in [9.17, 15) is 0 Å². The number of rotatable bonds is 5. The molecule has 1 N–H and O–H groups in total. The van der Waals surface area contributed by atoms with E-state index in [4.69, 9.17) is 14.6 Å². The van der Waals surface area contributed by atoms with Gasteiger partial charge in [0.25, 0.3) is 0 Å². The van der Waals surface area contributed by atoms with Crippen LogP contribution in [0.25, 0.3) is 0 Å². The first-order valence-electron chi connectivity index (χ1n) is 5.66. The van der Waals surface area contributed by atoms with Gasteiger partial charge in [-0.05, 0) is 24.1 Å². The average Bonchev–Trinajstić information content (AvgIpc) is 2.37. The Balaban J connectivity index is 2.81. The minimum absolute atomic E-state index is 0.153. The molecule has 1 rings (SSSR count). The summed E-state index contributed by atoms with van der Waals surface area (Å²) in [5.41, 5.74) is 1.83. The maximum atomic E-state index is 8.69. The largest absolute Gasteiger partial charge is 0.495 e. The number of hydrogen-bond acceptors (Lipinski definition) is 3. The summed E-state index contributed by atoms with van der Waals surface area (Å²) < 4.78 is 10.7. The van der Waals surface area contributed by atoms with Crippen LogP contribution in [0.4, 0.5) is 0 Å². The Labute approximate surface area is 102 Å². The molecule has 1 aromatic rings. The van der Waals surface area contributed by atoms with E-state index in [1.165, 1.54) is 0 Å². The first kappa shape index (κ1) is 13.6. The molecule has 92 valence electrons. The van der Waals surface area contributed by atoms with Gasteiger partial charge in [-0.15, -0.1) is 0 Å². The lowest BCUT2D eigenvalue weighted by Gasteiger charge is -2.07. The highest BCUT2D eigenvalue weighted by molar-refractivity contribution is 5.48. The van der Waals surface area contributed by atoms with E-state index in [1.807, 2.05) is 18.2 Å². The molecule has 0 saturated heterocycles. The summed E-state index contributed by atoms with van der Waals surface area (Å²) in [4.78, 5) is 0. The summed E-state index contributed by atoms with van der Waals surface area (Å²) in [5, 5.41) is 8.69. The van der Waals surface area contributed by atoms with Crippen LogP contribution < -0.4 is 4.74 Å². The van der Waals surface area contributed by atoms with Crippen LogP contribution in [0.15, 0.2) is 18.2 Å². The molecule has 0 spiro atoms. The zero-order valence-electron chi connectivity index (χ0n) is 10.3. The number of methoxy groups -OCH3 is 1. The van der Waals surface area contributed by atoms with Gasteiger partial charge in [0.15, 0.2) is 0 Å². The molecule has 0 aliphatic carbocycles. The zero-order valence-corrected chi connectivity index (χ0v) is 10.3. The van der Waals surface area contributed by atoms with Crippen molar-refractivity contribution in [2.24, 2.45) is 0 Å². The molecular formula is C14H18O3. The monoisotopic (exact) mass is 234 g/mol. The van der Waals surface area contributed by atoms with Crippen LogP contribution in [0, 0.1) is 11.8 Å². The fraction of sp³-hybridized carbons (Fsp3) is 0.429. The lowest BCUT2D eigenvalue weighted by Crippen LogP contribution is -1.96. The molecule has 0 saturated carbocycles. The molecule has 0 bridgehead atoms. The Kier molecular flexibility index (Phi) is 6.16. The maximum Gasteiger partial charge on any atom is 0.134 e. The van der Waals surface area contributed by atoms with Gasteiger partial charge in [-0.1, -0.05) is 24.8 Å². The second kappa shape index (κ2) is 7.72. The van der Waals surface area contributed by atoms with Crippen molar-refractivity contribution in [2.75, 3.05) is 20.3 Å². The van der Waals surface area contributed by atoms with Crippen molar-refractivity contribution in [1.82, 2.24) is 0 Å². The third-order valence-electron chi connectivity index (χ3n) is 2.18. The van der Waals surface area contributed by atoms with Crippen LogP contribution >= 0.6 is 0 Å². The minimum atomic E-state index is -0.153. The fourth-order valence-electron chi connectivity index (χ4n) is 1.41. The number of aliphatic hydroxyl groups is 1. The van der Waals surface area contributed by atoms with Crippen LogP contribution in [0.3, 0.4) is 0 Å². The van der Waals surface area contributed by atoms with E-state index < -0.39 is 0 Å². The van der Waals surface area contributed by atoms with Crippen molar-refractivity contribution in [3.05, 3.63) is 29.3 Å². The van der Waals surface area contributed by atoms with Gasteiger partial charge in [0, 0.05) is 6.61 Å². The highest BCUT2D eigenvalue weighted by Crippen LogP contribution is 2.19. The molecule has 0 aliphatic heterocycles. The zero-order chi connectivity index (χ0) is 12.5. The molecule has 3 heteroatoms. The van der Waals surface area contributed by atoms with Crippen molar-refractivity contribution in [3.8, 4) is 17.6 Å². The normalized spacial score (nSPS) is 9.59. The van der Waals surface area contributed by atoms with Crippen LogP contribution in [0.5, 0.6) is 5.75 Å². The van der Waals surface area contributed by atoms with E-state index >= 15 is 0 Å². The maximum absolute atomic E-state index is 8.69. The van der Waals surface area contributed by atoms with Crippen LogP contribution in [-0.4, -0.2) is 25.4 Å². The molecule has 1 aromatic carbocycles. The summed E-state index contributed by atoms with van der Waals surface area (Å²) in [6.45, 7) is 3.25. The SMILES string of the molecule is CCCOCc1ccc(OC)c(C#CCO)c1. The molecule has 0 amide bonds. The van der Waals surface area contributed by atoms with Crippen molar-refractivity contribution >= 4 is 0 Å². The number of hydrogen-bond donors (Lipinski definition) is 1. The van der Waals surface area contributed by atoms with Crippen LogP contribution in [-0.2, 0) is 11.3 Å². The van der Waals surface area contributed by atoms with Gasteiger partial charge >= 0.3 is 0 Å². The predicted molar refractivity (Wildman–Crippen MR) is 66.9 cm³/mol. The summed E-state index contributed by atoms with van der Waals surface area (Å²) >= 11 is 0. The standard InChI is InChI=1S/C14H18O3/c1-3-9-17-11-12-6-7-14(16-2)13(10-12)5-4-8-15/h6-7,10,15H,3,8-9,11H2,1-2H3. The molecule has 0 fully saturated rings. The smallest absolute Gasteiger partial charge is 0.134 e. The lowest BCUT2D eigenvalue weighted by atomic mass is 10.1. The van der Waals surface area contributed by atoms with E-state index in [-0.39, 0.29) is 6.61 Å². The molecule has 0 radical (unpaired) electrons. The van der Waals surface area contributed by atoms with E-state index in [0.717, 1.165) is 24.2 Å². The molecule has 17 heavy (non-hydrogen) atoms. The van der Waals surface area contributed by atoms with Gasteiger partial charge in [-0.3, -0.25) is 0 Å². The summed E-state index contributed by atoms with van der Waals surface area (Å²) in [6.07, 6.45) is 1.01. The van der Waals surface area contributed by atoms with Crippen molar-refractivity contribution in [3.63, 3.8) is 0 Å². The Bertz CT molecular complexity index is 402. The Hall–Kier alpha value is -1.50. The van der Waals surface area contributed by atoms with E-state index in [2.05, 4.69) is 18.8 Å². The fourth-order valence-corrected chi connectivity index (χ4v) is 1.41. The molecule has 0 atom stereocenters. The Morgan fingerprint density at radius 2 is 2.18 bits per heavy atom. The van der Waals surface area contributed by atoms with Crippen LogP contribution in [0.1, 0.15) is 24.5 Å². The number of benzene rings is 1. The first-order chi connectivity index (χ1) is 8.31. The predicted octanol–water partition coefficient (Wildman–Crippen LogP) is 1.97. The molecule has 0 aromatic heterocycles. The Morgan fingerprint density at radius 3 is 2.82 bits per heavy atom. The first-order valence-corrected chi connectivity index (χ1v) is 5.66. The second-order valence-corrected chi connectivity index (χ2v) is 3.55. The summed E-state index contributed by atoms with van der Waals surface area (Å²) in [5.74, 6) is 6.20. The minimum Gasteiger partial charge on any atom is -0.495 e. The lowest BCUT2D eigenvalue weighted by molar-refractivity contribution is 0.121. The highest BCUT2D eigenvalue weighted by Gasteiger charge is 2.02. The molecular weight excluding hydrogens is 216 g/mol. The number of ether oxygens (including phenoxy) is 2. The summed E-state index contributed by atoms with van der Waals surface area (Å²) in [6, 6.07) is 5.75. The third kappa shape index (κ3) is 4.48. The third-order valence-corrected chi connectivity index (χ3v) is 2.18.